The highest BCUT2D eigenvalue weighted by molar-refractivity contribution is 5.77. The fourth-order valence-electron chi connectivity index (χ4n) is 4.39. The summed E-state index contributed by atoms with van der Waals surface area (Å²) in [6, 6.07) is 16.2. The van der Waals surface area contributed by atoms with Gasteiger partial charge >= 0.3 is 0 Å². The molecule has 35 heavy (non-hydrogen) atoms. The van der Waals surface area contributed by atoms with Gasteiger partial charge in [0.25, 0.3) is 0 Å². The van der Waals surface area contributed by atoms with Crippen molar-refractivity contribution in [3.8, 4) is 5.75 Å². The number of anilines is 1. The summed E-state index contributed by atoms with van der Waals surface area (Å²) in [4.78, 5) is 20.1. The lowest BCUT2D eigenvalue weighted by Crippen LogP contribution is -2.44. The van der Waals surface area contributed by atoms with E-state index in [1.165, 1.54) is 0 Å². The Labute approximate surface area is 207 Å². The maximum atomic E-state index is 13.7. The quantitative estimate of drug-likeness (QED) is 0.501. The Morgan fingerprint density at radius 1 is 1.09 bits per heavy atom. The van der Waals surface area contributed by atoms with Crippen molar-refractivity contribution in [1.82, 2.24) is 15.0 Å². The van der Waals surface area contributed by atoms with Crippen LogP contribution in [0.15, 0.2) is 53.1 Å². The number of carbonyl (C=O) groups is 1. The van der Waals surface area contributed by atoms with Crippen LogP contribution in [0, 0.1) is 5.92 Å². The zero-order valence-electron chi connectivity index (χ0n) is 21.2. The fourth-order valence-corrected chi connectivity index (χ4v) is 4.39. The van der Waals surface area contributed by atoms with Gasteiger partial charge < -0.3 is 19.5 Å². The fraction of sp³-hybridized carbons (Fsp3) is 0.464. The number of fused-ring (bicyclic) bond motifs is 2. The van der Waals surface area contributed by atoms with Crippen molar-refractivity contribution in [3.05, 3.63) is 71.4 Å². The Kier molecular flexibility index (Phi) is 8.06. The van der Waals surface area contributed by atoms with E-state index in [4.69, 9.17) is 9.26 Å². The smallest absolute Gasteiger partial charge is 0.227 e. The topological polar surface area (TPSA) is 80.5 Å². The van der Waals surface area contributed by atoms with Crippen molar-refractivity contribution in [3.63, 3.8) is 0 Å². The number of ether oxygens (including phenoxy) is 1. The number of para-hydroxylation sites is 2. The summed E-state index contributed by atoms with van der Waals surface area (Å²) in [6.45, 7) is 10.0. The number of benzene rings is 2. The normalized spacial score (nSPS) is 16.2. The molecule has 0 radical (unpaired) electrons. The average molecular weight is 477 g/mol. The number of hydrogen-bond donors (Lipinski definition) is 1. The number of aromatic nitrogens is 2. The highest BCUT2D eigenvalue weighted by atomic mass is 16.5. The van der Waals surface area contributed by atoms with E-state index in [1.54, 1.807) is 0 Å². The number of hydrogen-bond acceptors (Lipinski definition) is 6. The molecule has 3 aromatic rings. The molecule has 2 aromatic carbocycles. The molecule has 0 aliphatic carbocycles. The first kappa shape index (κ1) is 24.8. The Morgan fingerprint density at radius 2 is 1.83 bits per heavy atom. The molecule has 186 valence electrons. The number of aryl methyl sites for hydroxylation is 1. The second-order valence-corrected chi connectivity index (χ2v) is 9.94. The van der Waals surface area contributed by atoms with Crippen molar-refractivity contribution < 1.29 is 14.1 Å². The first-order valence-corrected chi connectivity index (χ1v) is 12.5. The van der Waals surface area contributed by atoms with E-state index in [2.05, 4.69) is 47.5 Å². The molecule has 1 atom stereocenters. The lowest BCUT2D eigenvalue weighted by molar-refractivity contribution is -0.135. The molecule has 0 bridgehead atoms. The van der Waals surface area contributed by atoms with Gasteiger partial charge in [-0.1, -0.05) is 69.2 Å². The van der Waals surface area contributed by atoms with Crippen LogP contribution in [0.25, 0.3) is 0 Å². The number of nitrogens with zero attached hydrogens (tertiary/aromatic N) is 3. The maximum Gasteiger partial charge on any atom is 0.227 e. The molecule has 7 nitrogen and oxygen atoms in total. The third-order valence-corrected chi connectivity index (χ3v) is 6.29. The highest BCUT2D eigenvalue weighted by Gasteiger charge is 2.27. The molecule has 0 spiro atoms. The van der Waals surface area contributed by atoms with Gasteiger partial charge in [-0.3, -0.25) is 4.79 Å². The van der Waals surface area contributed by atoms with Gasteiger partial charge in [-0.25, -0.2) is 0 Å². The molecule has 1 aliphatic heterocycles. The van der Waals surface area contributed by atoms with E-state index in [0.29, 0.717) is 50.2 Å². The number of carbonyl (C=O) groups excluding carboxylic acids is 1. The second kappa shape index (κ2) is 11.4. The third kappa shape index (κ3) is 6.41. The molecule has 7 heteroatoms. The predicted octanol–water partition coefficient (Wildman–Crippen LogP) is 5.57. The van der Waals surface area contributed by atoms with Crippen LogP contribution in [0.5, 0.6) is 5.75 Å². The Bertz CT molecular complexity index is 1120. The second-order valence-electron chi connectivity index (χ2n) is 9.94. The lowest BCUT2D eigenvalue weighted by atomic mass is 10.0. The first-order valence-electron chi connectivity index (χ1n) is 12.5. The summed E-state index contributed by atoms with van der Waals surface area (Å²) >= 11 is 0. The van der Waals surface area contributed by atoms with Crippen LogP contribution in [0.1, 0.15) is 69.3 Å². The van der Waals surface area contributed by atoms with Gasteiger partial charge in [0, 0.05) is 43.1 Å². The van der Waals surface area contributed by atoms with Gasteiger partial charge in [-0.15, -0.1) is 0 Å². The predicted molar refractivity (Wildman–Crippen MR) is 136 cm³/mol. The summed E-state index contributed by atoms with van der Waals surface area (Å²) < 4.78 is 11.7. The Morgan fingerprint density at radius 3 is 2.57 bits per heavy atom. The molecule has 0 unspecified atom stereocenters. The van der Waals surface area contributed by atoms with Gasteiger partial charge in [0.1, 0.15) is 12.4 Å². The molecule has 2 heterocycles. The number of rotatable bonds is 6. The lowest BCUT2D eigenvalue weighted by Gasteiger charge is -2.33. The SMILES string of the molecule is CC(C)C[C@H]1COc2ccccc2CNc2ccccc2CN1C(=O)CCc1nc(C(C)C)no1. The molecule has 4 rings (SSSR count). The largest absolute Gasteiger partial charge is 0.491 e. The molecular formula is C28H36N4O3. The minimum Gasteiger partial charge on any atom is -0.491 e. The first-order chi connectivity index (χ1) is 16.9. The van der Waals surface area contributed by atoms with Gasteiger partial charge in [0.15, 0.2) is 5.82 Å². The molecule has 0 saturated carbocycles. The van der Waals surface area contributed by atoms with E-state index in [9.17, 15) is 4.79 Å². The van der Waals surface area contributed by atoms with Gasteiger partial charge in [0.05, 0.1) is 6.04 Å². The molecular weight excluding hydrogens is 440 g/mol. The molecule has 0 fully saturated rings. The Hall–Kier alpha value is -3.35. The van der Waals surface area contributed by atoms with E-state index in [1.807, 2.05) is 49.1 Å². The molecule has 0 saturated heterocycles. The standard InChI is InChI=1S/C28H36N4O3/c1-19(2)15-23-18-34-25-12-8-6-9-21(25)16-29-24-11-7-5-10-22(24)17-32(23)27(33)14-13-26-30-28(20(3)4)31-35-26/h5-12,19-20,23,29H,13-18H2,1-4H3/t23-/m0/s1. The molecule has 1 N–H and O–H groups in total. The van der Waals surface area contributed by atoms with Crippen LogP contribution < -0.4 is 10.1 Å². The zero-order valence-corrected chi connectivity index (χ0v) is 21.2. The summed E-state index contributed by atoms with van der Waals surface area (Å²) in [7, 11) is 0. The third-order valence-electron chi connectivity index (χ3n) is 6.29. The summed E-state index contributed by atoms with van der Waals surface area (Å²) in [5.74, 6) is 2.70. The Balaban J connectivity index is 1.62. The van der Waals surface area contributed by atoms with Crippen molar-refractivity contribution in [2.75, 3.05) is 11.9 Å². The van der Waals surface area contributed by atoms with E-state index in [-0.39, 0.29) is 17.9 Å². The highest BCUT2D eigenvalue weighted by Crippen LogP contribution is 2.27. The van der Waals surface area contributed by atoms with Crippen molar-refractivity contribution in [2.45, 2.75) is 72.0 Å². The van der Waals surface area contributed by atoms with Crippen LogP contribution in [-0.4, -0.2) is 33.6 Å². The zero-order chi connectivity index (χ0) is 24.8. The van der Waals surface area contributed by atoms with E-state index in [0.717, 1.165) is 29.0 Å². The molecule has 1 aromatic heterocycles. The summed E-state index contributed by atoms with van der Waals surface area (Å²) in [5, 5.41) is 7.58. The van der Waals surface area contributed by atoms with Crippen LogP contribution >= 0.6 is 0 Å². The minimum atomic E-state index is -0.0596. The van der Waals surface area contributed by atoms with Crippen LogP contribution in [0.2, 0.25) is 0 Å². The van der Waals surface area contributed by atoms with E-state index >= 15 is 0 Å². The van der Waals surface area contributed by atoms with Gasteiger partial charge in [-0.05, 0) is 30.0 Å². The minimum absolute atomic E-state index is 0.0596. The van der Waals surface area contributed by atoms with Gasteiger partial charge in [-0.2, -0.15) is 4.98 Å². The number of nitrogens with one attached hydrogen (secondary N) is 1. The molecule has 1 amide bonds. The van der Waals surface area contributed by atoms with Crippen molar-refractivity contribution in [1.29, 1.82) is 0 Å². The van der Waals surface area contributed by atoms with Crippen LogP contribution in [-0.2, 0) is 24.3 Å². The number of amides is 1. The van der Waals surface area contributed by atoms with Gasteiger partial charge in [0.2, 0.25) is 11.8 Å². The van der Waals surface area contributed by atoms with Crippen molar-refractivity contribution >= 4 is 11.6 Å². The van der Waals surface area contributed by atoms with E-state index < -0.39 is 0 Å². The van der Waals surface area contributed by atoms with Crippen molar-refractivity contribution in [2.24, 2.45) is 5.92 Å². The maximum absolute atomic E-state index is 13.7. The summed E-state index contributed by atoms with van der Waals surface area (Å²) in [6.07, 6.45) is 1.58. The molecule has 1 aliphatic rings. The summed E-state index contributed by atoms with van der Waals surface area (Å²) in [5.41, 5.74) is 3.22. The van der Waals surface area contributed by atoms with Crippen LogP contribution in [0.4, 0.5) is 5.69 Å². The average Bonchev–Trinajstić information content (AvgIpc) is 3.32. The van der Waals surface area contributed by atoms with Crippen LogP contribution in [0.3, 0.4) is 0 Å². The monoisotopic (exact) mass is 476 g/mol.